The second kappa shape index (κ2) is 7.25. The van der Waals surface area contributed by atoms with E-state index in [0.717, 1.165) is 19.0 Å². The summed E-state index contributed by atoms with van der Waals surface area (Å²) in [6, 6.07) is 0.995. The van der Waals surface area contributed by atoms with Crippen LogP contribution in [0.15, 0.2) is 0 Å². The van der Waals surface area contributed by atoms with Crippen LogP contribution in [0.3, 0.4) is 0 Å². The molecule has 2 aliphatic rings. The Morgan fingerprint density at radius 3 is 2.58 bits per heavy atom. The summed E-state index contributed by atoms with van der Waals surface area (Å²) >= 11 is 0. The second-order valence-electron chi connectivity index (χ2n) is 6.02. The number of piperidine rings is 1. The van der Waals surface area contributed by atoms with Crippen molar-refractivity contribution in [2.75, 3.05) is 26.2 Å². The molecule has 0 bridgehead atoms. The van der Waals surface area contributed by atoms with Gasteiger partial charge in [0, 0.05) is 12.1 Å². The first-order chi connectivity index (χ1) is 9.19. The van der Waals surface area contributed by atoms with E-state index in [2.05, 4.69) is 17.1 Å². The van der Waals surface area contributed by atoms with Gasteiger partial charge in [-0.1, -0.05) is 0 Å². The van der Waals surface area contributed by atoms with Crippen LogP contribution >= 0.6 is 0 Å². The Hall–Kier alpha value is -0.610. The Bertz CT molecular complexity index is 284. The number of esters is 1. The van der Waals surface area contributed by atoms with Crippen molar-refractivity contribution < 1.29 is 9.53 Å². The molecule has 0 aromatic carbocycles. The van der Waals surface area contributed by atoms with E-state index in [0.29, 0.717) is 25.1 Å². The summed E-state index contributed by atoms with van der Waals surface area (Å²) in [5, 5.41) is 3.69. The van der Waals surface area contributed by atoms with Crippen LogP contribution in [-0.2, 0) is 9.53 Å². The molecule has 0 radical (unpaired) electrons. The van der Waals surface area contributed by atoms with Gasteiger partial charge < -0.3 is 10.1 Å². The highest BCUT2D eigenvalue weighted by molar-refractivity contribution is 5.70. The van der Waals surface area contributed by atoms with E-state index in [1.165, 1.54) is 32.2 Å². The number of hydrogen-bond acceptors (Lipinski definition) is 4. The fourth-order valence-electron chi connectivity index (χ4n) is 2.79. The van der Waals surface area contributed by atoms with Crippen molar-refractivity contribution in [2.24, 2.45) is 5.92 Å². The molecule has 0 amide bonds. The lowest BCUT2D eigenvalue weighted by Gasteiger charge is -2.36. The first-order valence-electron chi connectivity index (χ1n) is 7.82. The van der Waals surface area contributed by atoms with Gasteiger partial charge >= 0.3 is 5.97 Å². The number of carbonyl (C=O) groups excluding carboxylic acids is 1. The quantitative estimate of drug-likeness (QED) is 0.715. The number of rotatable bonds is 7. The molecule has 0 aromatic rings. The molecule has 4 nitrogen and oxygen atoms in total. The van der Waals surface area contributed by atoms with Gasteiger partial charge in [0.15, 0.2) is 0 Å². The Kier molecular flexibility index (Phi) is 5.64. The summed E-state index contributed by atoms with van der Waals surface area (Å²) in [4.78, 5) is 13.9. The molecule has 1 aliphatic heterocycles. The van der Waals surface area contributed by atoms with Crippen LogP contribution < -0.4 is 5.32 Å². The van der Waals surface area contributed by atoms with Gasteiger partial charge in [-0.25, -0.2) is 0 Å². The molecule has 0 aromatic heterocycles. The molecular formula is C15H28N2O2. The van der Waals surface area contributed by atoms with Gasteiger partial charge in [0.05, 0.1) is 13.0 Å². The third-order valence-electron chi connectivity index (χ3n) is 4.31. The van der Waals surface area contributed by atoms with Crippen LogP contribution in [0.1, 0.15) is 46.0 Å². The summed E-state index contributed by atoms with van der Waals surface area (Å²) in [6.45, 7) is 7.89. The van der Waals surface area contributed by atoms with E-state index < -0.39 is 0 Å². The highest BCUT2D eigenvalue weighted by Crippen LogP contribution is 2.28. The maximum atomic E-state index is 11.5. The molecule has 1 aliphatic carbocycles. The number of nitrogens with zero attached hydrogens (tertiary/aromatic N) is 1. The Labute approximate surface area is 116 Å². The Balaban J connectivity index is 1.62. The third-order valence-corrected chi connectivity index (χ3v) is 4.31. The molecule has 4 heteroatoms. The van der Waals surface area contributed by atoms with E-state index in [4.69, 9.17) is 4.74 Å². The van der Waals surface area contributed by atoms with Gasteiger partial charge in [0.2, 0.25) is 0 Å². The minimum Gasteiger partial charge on any atom is -0.466 e. The van der Waals surface area contributed by atoms with Crippen molar-refractivity contribution in [1.29, 1.82) is 0 Å². The predicted octanol–water partition coefficient (Wildman–Crippen LogP) is 1.79. The molecule has 1 saturated heterocycles. The lowest BCUT2D eigenvalue weighted by molar-refractivity contribution is -0.144. The number of likely N-dealkylation sites (tertiary alicyclic amines) is 1. The minimum atomic E-state index is -0.0658. The molecular weight excluding hydrogens is 240 g/mol. The SMILES string of the molecule is CCOC(=O)CC(C)N1CCC(NCC2CC2)CC1. The lowest BCUT2D eigenvalue weighted by atomic mass is 10.0. The summed E-state index contributed by atoms with van der Waals surface area (Å²) in [5.74, 6) is 0.893. The lowest BCUT2D eigenvalue weighted by Crippen LogP contribution is -2.46. The summed E-state index contributed by atoms with van der Waals surface area (Å²) < 4.78 is 5.02. The van der Waals surface area contributed by atoms with Crippen LogP contribution in [0.5, 0.6) is 0 Å². The van der Waals surface area contributed by atoms with E-state index in [1.807, 2.05) is 6.92 Å². The Morgan fingerprint density at radius 2 is 2.00 bits per heavy atom. The first-order valence-corrected chi connectivity index (χ1v) is 7.82. The molecule has 19 heavy (non-hydrogen) atoms. The van der Waals surface area contributed by atoms with E-state index in [-0.39, 0.29) is 5.97 Å². The molecule has 1 N–H and O–H groups in total. The fourth-order valence-corrected chi connectivity index (χ4v) is 2.79. The van der Waals surface area contributed by atoms with Gasteiger partial charge in [-0.05, 0) is 65.1 Å². The first kappa shape index (κ1) is 14.8. The predicted molar refractivity (Wildman–Crippen MR) is 76.0 cm³/mol. The molecule has 1 saturated carbocycles. The molecule has 2 rings (SSSR count). The van der Waals surface area contributed by atoms with Crippen LogP contribution in [0.25, 0.3) is 0 Å². The zero-order valence-electron chi connectivity index (χ0n) is 12.4. The van der Waals surface area contributed by atoms with Crippen molar-refractivity contribution in [3.63, 3.8) is 0 Å². The third kappa shape index (κ3) is 5.11. The number of ether oxygens (including phenoxy) is 1. The Morgan fingerprint density at radius 1 is 1.32 bits per heavy atom. The van der Waals surface area contributed by atoms with Crippen molar-refractivity contribution in [1.82, 2.24) is 10.2 Å². The van der Waals surface area contributed by atoms with E-state index in [9.17, 15) is 4.79 Å². The van der Waals surface area contributed by atoms with Gasteiger partial charge in [-0.2, -0.15) is 0 Å². The average molecular weight is 268 g/mol. The van der Waals surface area contributed by atoms with Gasteiger partial charge in [0.25, 0.3) is 0 Å². The minimum absolute atomic E-state index is 0.0658. The van der Waals surface area contributed by atoms with Crippen LogP contribution in [0.4, 0.5) is 0 Å². The normalized spacial score (nSPS) is 23.3. The summed E-state index contributed by atoms with van der Waals surface area (Å²) in [5.41, 5.74) is 0. The standard InChI is InChI=1S/C15H28N2O2/c1-3-19-15(18)10-12(2)17-8-6-14(7-9-17)16-11-13-4-5-13/h12-14,16H,3-11H2,1-2H3. The van der Waals surface area contributed by atoms with Crippen LogP contribution in [0.2, 0.25) is 0 Å². The second-order valence-corrected chi connectivity index (χ2v) is 6.02. The number of hydrogen-bond donors (Lipinski definition) is 1. The average Bonchev–Trinajstić information content (AvgIpc) is 3.21. The maximum absolute atomic E-state index is 11.5. The molecule has 1 unspecified atom stereocenters. The van der Waals surface area contributed by atoms with Crippen molar-refractivity contribution in [3.8, 4) is 0 Å². The number of carbonyl (C=O) groups is 1. The van der Waals surface area contributed by atoms with Gasteiger partial charge in [0.1, 0.15) is 0 Å². The molecule has 2 fully saturated rings. The number of nitrogens with one attached hydrogen (secondary N) is 1. The van der Waals surface area contributed by atoms with Gasteiger partial charge in [-0.3, -0.25) is 9.69 Å². The fraction of sp³-hybridized carbons (Fsp3) is 0.933. The molecule has 0 spiro atoms. The monoisotopic (exact) mass is 268 g/mol. The van der Waals surface area contributed by atoms with E-state index in [1.54, 1.807) is 0 Å². The van der Waals surface area contributed by atoms with Crippen molar-refractivity contribution >= 4 is 5.97 Å². The van der Waals surface area contributed by atoms with E-state index >= 15 is 0 Å². The van der Waals surface area contributed by atoms with Crippen LogP contribution in [-0.4, -0.2) is 49.2 Å². The van der Waals surface area contributed by atoms with Crippen LogP contribution in [0, 0.1) is 5.92 Å². The highest BCUT2D eigenvalue weighted by Gasteiger charge is 2.26. The zero-order valence-corrected chi connectivity index (χ0v) is 12.4. The molecule has 1 heterocycles. The van der Waals surface area contributed by atoms with Crippen molar-refractivity contribution in [3.05, 3.63) is 0 Å². The molecule has 1 atom stereocenters. The smallest absolute Gasteiger partial charge is 0.307 e. The maximum Gasteiger partial charge on any atom is 0.307 e. The topological polar surface area (TPSA) is 41.6 Å². The molecule has 110 valence electrons. The van der Waals surface area contributed by atoms with Gasteiger partial charge in [-0.15, -0.1) is 0 Å². The highest BCUT2D eigenvalue weighted by atomic mass is 16.5. The van der Waals surface area contributed by atoms with Crippen molar-refractivity contribution in [2.45, 2.75) is 58.0 Å². The zero-order chi connectivity index (χ0) is 13.7. The summed E-state index contributed by atoms with van der Waals surface area (Å²) in [6.07, 6.45) is 5.78. The largest absolute Gasteiger partial charge is 0.466 e. The summed E-state index contributed by atoms with van der Waals surface area (Å²) in [7, 11) is 0.